The van der Waals surface area contributed by atoms with Crippen LogP contribution in [-0.4, -0.2) is 36.4 Å². The lowest BCUT2D eigenvalue weighted by Gasteiger charge is -2.45. The van der Waals surface area contributed by atoms with Gasteiger partial charge in [-0.15, -0.1) is 0 Å². The molecule has 1 aliphatic heterocycles. The van der Waals surface area contributed by atoms with Gasteiger partial charge < -0.3 is 15.4 Å². The number of benzene rings is 2. The predicted molar refractivity (Wildman–Crippen MR) is 121 cm³/mol. The van der Waals surface area contributed by atoms with Gasteiger partial charge in [0.1, 0.15) is 11.6 Å². The molecule has 0 spiro atoms. The summed E-state index contributed by atoms with van der Waals surface area (Å²) in [5.41, 5.74) is 5.36. The van der Waals surface area contributed by atoms with Crippen molar-refractivity contribution in [1.82, 2.24) is 4.90 Å². The van der Waals surface area contributed by atoms with E-state index in [1.807, 2.05) is 35.2 Å². The second-order valence-corrected chi connectivity index (χ2v) is 9.37. The van der Waals surface area contributed by atoms with Crippen molar-refractivity contribution in [2.45, 2.75) is 50.4 Å². The number of nitrogens with zero attached hydrogens (tertiary/aromatic N) is 1. The van der Waals surface area contributed by atoms with Crippen molar-refractivity contribution in [2.75, 3.05) is 19.7 Å². The molecule has 2 fully saturated rings. The van der Waals surface area contributed by atoms with Gasteiger partial charge in [-0.05, 0) is 55.5 Å². The maximum atomic E-state index is 13.9. The summed E-state index contributed by atoms with van der Waals surface area (Å²) in [5.74, 6) is 0.129. The SMILES string of the molecule is NC(=O)C[C@@]1(COc2ccccc2)CCCN(C(=O)C2(c3ccc(F)cc3)CCCC2)C1. The number of amides is 2. The third-order valence-electron chi connectivity index (χ3n) is 7.05. The van der Waals surface area contributed by atoms with E-state index in [4.69, 9.17) is 10.5 Å². The molecule has 1 heterocycles. The molecule has 0 aromatic heterocycles. The van der Waals surface area contributed by atoms with Gasteiger partial charge in [-0.3, -0.25) is 9.59 Å². The molecule has 1 saturated heterocycles. The molecule has 1 atom stereocenters. The normalized spacial score (nSPS) is 22.5. The molecule has 32 heavy (non-hydrogen) atoms. The van der Waals surface area contributed by atoms with E-state index in [-0.39, 0.29) is 24.1 Å². The number of likely N-dealkylation sites (tertiary alicyclic amines) is 1. The summed E-state index contributed by atoms with van der Waals surface area (Å²) in [5, 5.41) is 0. The Morgan fingerprint density at radius 3 is 2.31 bits per heavy atom. The maximum Gasteiger partial charge on any atom is 0.233 e. The van der Waals surface area contributed by atoms with E-state index >= 15 is 0 Å². The topological polar surface area (TPSA) is 72.6 Å². The van der Waals surface area contributed by atoms with Crippen molar-refractivity contribution in [3.05, 3.63) is 66.0 Å². The fourth-order valence-corrected chi connectivity index (χ4v) is 5.49. The number of rotatable bonds is 7. The Hall–Kier alpha value is -2.89. The molecule has 2 aromatic carbocycles. The first-order valence-corrected chi connectivity index (χ1v) is 11.4. The maximum absolute atomic E-state index is 13.9. The quantitative estimate of drug-likeness (QED) is 0.704. The van der Waals surface area contributed by atoms with E-state index in [1.54, 1.807) is 12.1 Å². The Bertz CT molecular complexity index is 941. The summed E-state index contributed by atoms with van der Waals surface area (Å²) in [6.07, 6.45) is 5.20. The molecule has 2 aromatic rings. The van der Waals surface area contributed by atoms with Crippen LogP contribution >= 0.6 is 0 Å². The van der Waals surface area contributed by atoms with Crippen molar-refractivity contribution in [1.29, 1.82) is 0 Å². The zero-order valence-electron chi connectivity index (χ0n) is 18.4. The predicted octanol–water partition coefficient (Wildman–Crippen LogP) is 4.20. The van der Waals surface area contributed by atoms with Crippen molar-refractivity contribution in [3.8, 4) is 5.75 Å². The Kier molecular flexibility index (Phi) is 6.49. The van der Waals surface area contributed by atoms with Crippen LogP contribution in [0.1, 0.15) is 50.5 Å². The van der Waals surface area contributed by atoms with Crippen LogP contribution in [0.4, 0.5) is 4.39 Å². The average Bonchev–Trinajstić information content (AvgIpc) is 3.29. The fourth-order valence-electron chi connectivity index (χ4n) is 5.49. The molecule has 0 radical (unpaired) electrons. The zero-order valence-corrected chi connectivity index (χ0v) is 18.4. The minimum atomic E-state index is -0.621. The number of piperidine rings is 1. The minimum absolute atomic E-state index is 0.0786. The lowest BCUT2D eigenvalue weighted by atomic mass is 9.74. The second kappa shape index (κ2) is 9.31. The first-order valence-electron chi connectivity index (χ1n) is 11.4. The summed E-state index contributed by atoms with van der Waals surface area (Å²) in [7, 11) is 0. The van der Waals surface area contributed by atoms with Gasteiger partial charge in [0.2, 0.25) is 11.8 Å². The van der Waals surface area contributed by atoms with Crippen LogP contribution in [-0.2, 0) is 15.0 Å². The van der Waals surface area contributed by atoms with Gasteiger partial charge in [0.25, 0.3) is 0 Å². The molecule has 0 bridgehead atoms. The van der Waals surface area contributed by atoms with Crippen LogP contribution < -0.4 is 10.5 Å². The third-order valence-corrected chi connectivity index (χ3v) is 7.05. The number of para-hydroxylation sites is 1. The minimum Gasteiger partial charge on any atom is -0.493 e. The molecular weight excluding hydrogens is 407 g/mol. The van der Waals surface area contributed by atoms with Gasteiger partial charge >= 0.3 is 0 Å². The summed E-state index contributed by atoms with van der Waals surface area (Å²) >= 11 is 0. The largest absolute Gasteiger partial charge is 0.493 e. The number of nitrogens with two attached hydrogens (primary N) is 1. The lowest BCUT2D eigenvalue weighted by Crippen LogP contribution is -2.54. The molecular formula is C26H31FN2O3. The molecule has 1 saturated carbocycles. The van der Waals surface area contributed by atoms with Gasteiger partial charge in [0.05, 0.1) is 12.0 Å². The van der Waals surface area contributed by atoms with Gasteiger partial charge in [0, 0.05) is 24.9 Å². The molecule has 2 amide bonds. The summed E-state index contributed by atoms with van der Waals surface area (Å²) in [6, 6.07) is 15.9. The standard InChI is InChI=1S/C26H31FN2O3/c27-21-11-9-20(10-12-21)26(14-4-5-15-26)24(31)29-16-6-13-25(18-29,17-23(28)30)19-32-22-7-2-1-3-8-22/h1-3,7-12H,4-6,13-19H2,(H2,28,30)/t25-/m0/s1. The van der Waals surface area contributed by atoms with Gasteiger partial charge in [-0.25, -0.2) is 4.39 Å². The van der Waals surface area contributed by atoms with Crippen LogP contribution in [0.5, 0.6) is 5.75 Å². The zero-order chi connectivity index (χ0) is 22.6. The summed E-state index contributed by atoms with van der Waals surface area (Å²) in [4.78, 5) is 27.8. The number of carbonyl (C=O) groups excluding carboxylic acids is 2. The Balaban J connectivity index is 1.57. The summed E-state index contributed by atoms with van der Waals surface area (Å²) in [6.45, 7) is 1.41. The number of hydrogen-bond donors (Lipinski definition) is 1. The van der Waals surface area contributed by atoms with E-state index in [0.717, 1.165) is 49.8 Å². The van der Waals surface area contributed by atoms with E-state index in [0.29, 0.717) is 19.7 Å². The van der Waals surface area contributed by atoms with Crippen molar-refractivity contribution in [2.24, 2.45) is 11.1 Å². The monoisotopic (exact) mass is 438 g/mol. The number of carbonyl (C=O) groups is 2. The van der Waals surface area contributed by atoms with E-state index in [9.17, 15) is 14.0 Å². The van der Waals surface area contributed by atoms with Crippen molar-refractivity contribution >= 4 is 11.8 Å². The van der Waals surface area contributed by atoms with Crippen molar-refractivity contribution < 1.29 is 18.7 Å². The lowest BCUT2D eigenvalue weighted by molar-refractivity contribution is -0.143. The first-order chi connectivity index (χ1) is 15.4. The van der Waals surface area contributed by atoms with Gasteiger partial charge in [0.15, 0.2) is 0 Å². The highest BCUT2D eigenvalue weighted by atomic mass is 19.1. The highest BCUT2D eigenvalue weighted by Crippen LogP contribution is 2.44. The van der Waals surface area contributed by atoms with Crippen LogP contribution in [0.25, 0.3) is 0 Å². The Morgan fingerprint density at radius 1 is 0.969 bits per heavy atom. The fraction of sp³-hybridized carbons (Fsp3) is 0.462. The number of halogens is 1. The molecule has 4 rings (SSSR count). The Morgan fingerprint density at radius 2 is 1.66 bits per heavy atom. The van der Waals surface area contributed by atoms with Crippen molar-refractivity contribution in [3.63, 3.8) is 0 Å². The average molecular weight is 439 g/mol. The molecule has 2 N–H and O–H groups in total. The Labute approximate surface area is 188 Å². The summed E-state index contributed by atoms with van der Waals surface area (Å²) < 4.78 is 19.6. The second-order valence-electron chi connectivity index (χ2n) is 9.37. The van der Waals surface area contributed by atoms with Crippen LogP contribution in [0, 0.1) is 11.2 Å². The van der Waals surface area contributed by atoms with E-state index in [2.05, 4.69) is 0 Å². The van der Waals surface area contributed by atoms with Gasteiger partial charge in [-0.2, -0.15) is 0 Å². The first kappa shape index (κ1) is 22.3. The number of primary amides is 1. The molecule has 5 nitrogen and oxygen atoms in total. The molecule has 2 aliphatic rings. The number of ether oxygens (including phenoxy) is 1. The van der Waals surface area contributed by atoms with Crippen LogP contribution in [0.15, 0.2) is 54.6 Å². The highest BCUT2D eigenvalue weighted by Gasteiger charge is 2.48. The molecule has 170 valence electrons. The van der Waals surface area contributed by atoms with Crippen LogP contribution in [0.3, 0.4) is 0 Å². The number of hydrogen-bond acceptors (Lipinski definition) is 3. The highest BCUT2D eigenvalue weighted by molar-refractivity contribution is 5.89. The smallest absolute Gasteiger partial charge is 0.233 e. The molecule has 0 unspecified atom stereocenters. The molecule has 6 heteroatoms. The molecule has 1 aliphatic carbocycles. The third kappa shape index (κ3) is 4.64. The van der Waals surface area contributed by atoms with Crippen LogP contribution in [0.2, 0.25) is 0 Å². The van der Waals surface area contributed by atoms with E-state index in [1.165, 1.54) is 12.1 Å². The van der Waals surface area contributed by atoms with Gasteiger partial charge in [-0.1, -0.05) is 43.2 Å². The van der Waals surface area contributed by atoms with E-state index < -0.39 is 10.8 Å².